The number of β-amino-alcohol motifs (C(OH)–C–C–N with tert-alkyl or cyclic N) is 1. The van der Waals surface area contributed by atoms with E-state index >= 15 is 0 Å². The molecule has 1 fully saturated rings. The van der Waals surface area contributed by atoms with Gasteiger partial charge in [-0.1, -0.05) is 6.92 Å². The van der Waals surface area contributed by atoms with Crippen LogP contribution >= 0.6 is 15.9 Å². The van der Waals surface area contributed by atoms with E-state index in [1.54, 1.807) is 0 Å². The van der Waals surface area contributed by atoms with Gasteiger partial charge in [0.15, 0.2) is 0 Å². The number of aromatic nitrogens is 1. The van der Waals surface area contributed by atoms with Crippen LogP contribution in [0.3, 0.4) is 0 Å². The predicted molar refractivity (Wildman–Crippen MR) is 76.9 cm³/mol. The Balaban J connectivity index is 1.84. The molecule has 1 aromatic rings. The van der Waals surface area contributed by atoms with Gasteiger partial charge in [0.05, 0.1) is 6.10 Å². The minimum Gasteiger partial charge on any atom is -0.392 e. The number of piperazine rings is 1. The molecule has 0 bridgehead atoms. The molecule has 2 rings (SSSR count). The van der Waals surface area contributed by atoms with Gasteiger partial charge in [0.2, 0.25) is 0 Å². The molecule has 1 aromatic heterocycles. The highest BCUT2D eigenvalue weighted by Gasteiger charge is 2.19. The summed E-state index contributed by atoms with van der Waals surface area (Å²) in [5.74, 6) is 1.04. The molecule has 0 aromatic carbocycles. The highest BCUT2D eigenvalue weighted by atomic mass is 79.9. The van der Waals surface area contributed by atoms with Crippen molar-refractivity contribution in [1.82, 2.24) is 9.88 Å². The van der Waals surface area contributed by atoms with Gasteiger partial charge in [-0.15, -0.1) is 0 Å². The zero-order valence-corrected chi connectivity index (χ0v) is 12.3. The lowest BCUT2D eigenvalue weighted by Crippen LogP contribution is -2.48. The Morgan fingerprint density at radius 2 is 2.06 bits per heavy atom. The van der Waals surface area contributed by atoms with Gasteiger partial charge in [-0.3, -0.25) is 4.90 Å². The van der Waals surface area contributed by atoms with E-state index in [4.69, 9.17) is 0 Å². The number of pyridine rings is 1. The lowest BCUT2D eigenvalue weighted by atomic mass is 10.2. The van der Waals surface area contributed by atoms with Gasteiger partial charge >= 0.3 is 0 Å². The molecule has 0 saturated carbocycles. The Morgan fingerprint density at radius 1 is 1.33 bits per heavy atom. The van der Waals surface area contributed by atoms with Gasteiger partial charge in [-0.2, -0.15) is 0 Å². The second-order valence-corrected chi connectivity index (χ2v) is 5.60. The average molecular weight is 314 g/mol. The summed E-state index contributed by atoms with van der Waals surface area (Å²) in [6.45, 7) is 6.75. The summed E-state index contributed by atoms with van der Waals surface area (Å²) in [5, 5.41) is 9.65. The van der Waals surface area contributed by atoms with Crippen molar-refractivity contribution < 1.29 is 5.11 Å². The van der Waals surface area contributed by atoms with Crippen LogP contribution in [0, 0.1) is 0 Å². The average Bonchev–Trinajstić information content (AvgIpc) is 2.40. The van der Waals surface area contributed by atoms with E-state index in [2.05, 4.69) is 30.7 Å². The van der Waals surface area contributed by atoms with Crippen LogP contribution in [0.2, 0.25) is 0 Å². The Bertz CT molecular complexity index is 363. The van der Waals surface area contributed by atoms with Crippen molar-refractivity contribution in [3.8, 4) is 0 Å². The molecule has 4 nitrogen and oxygen atoms in total. The van der Waals surface area contributed by atoms with E-state index in [0.717, 1.165) is 49.4 Å². The van der Waals surface area contributed by atoms with Gasteiger partial charge in [-0.25, -0.2) is 4.98 Å². The Morgan fingerprint density at radius 3 is 2.61 bits per heavy atom. The van der Waals surface area contributed by atoms with Gasteiger partial charge in [0.25, 0.3) is 0 Å². The van der Waals surface area contributed by atoms with E-state index in [1.165, 1.54) is 0 Å². The molecule has 1 unspecified atom stereocenters. The molecule has 2 heterocycles. The summed E-state index contributed by atoms with van der Waals surface area (Å²) in [6, 6.07) is 4.07. The van der Waals surface area contributed by atoms with E-state index in [1.807, 2.05) is 25.3 Å². The van der Waals surface area contributed by atoms with E-state index in [9.17, 15) is 5.11 Å². The third kappa shape index (κ3) is 3.67. The Labute approximate surface area is 117 Å². The topological polar surface area (TPSA) is 39.6 Å². The van der Waals surface area contributed by atoms with Gasteiger partial charge < -0.3 is 10.0 Å². The number of aliphatic hydroxyl groups excluding tert-OH is 1. The van der Waals surface area contributed by atoms with E-state index < -0.39 is 0 Å². The minimum absolute atomic E-state index is 0.192. The second kappa shape index (κ2) is 6.50. The zero-order chi connectivity index (χ0) is 13.0. The Hall–Kier alpha value is -0.650. The van der Waals surface area contributed by atoms with Crippen molar-refractivity contribution >= 4 is 21.7 Å². The van der Waals surface area contributed by atoms with Gasteiger partial charge in [0, 0.05) is 43.4 Å². The number of aliphatic hydroxyl groups is 1. The molecule has 0 aliphatic carbocycles. The lowest BCUT2D eigenvalue weighted by molar-refractivity contribution is 0.106. The van der Waals surface area contributed by atoms with Crippen LogP contribution in [0.1, 0.15) is 13.3 Å². The van der Waals surface area contributed by atoms with E-state index in [-0.39, 0.29) is 6.10 Å². The fourth-order valence-corrected chi connectivity index (χ4v) is 2.38. The van der Waals surface area contributed by atoms with Crippen LogP contribution in [0.25, 0.3) is 0 Å². The summed E-state index contributed by atoms with van der Waals surface area (Å²) in [7, 11) is 0. The number of anilines is 1. The van der Waals surface area contributed by atoms with Crippen molar-refractivity contribution in [2.45, 2.75) is 19.4 Å². The molecule has 0 spiro atoms. The third-order valence-corrected chi connectivity index (χ3v) is 3.82. The highest BCUT2D eigenvalue weighted by molar-refractivity contribution is 9.10. The van der Waals surface area contributed by atoms with Gasteiger partial charge in [-0.05, 0) is 34.5 Å². The summed E-state index contributed by atoms with van der Waals surface area (Å²) in [4.78, 5) is 9.03. The van der Waals surface area contributed by atoms with Crippen molar-refractivity contribution in [1.29, 1.82) is 0 Å². The quantitative estimate of drug-likeness (QED) is 0.919. The standard InChI is InChI=1S/C13H20BrN3O/c1-2-12(18)10-16-5-7-17(8-6-16)13-4-3-11(14)9-15-13/h3-4,9,12,18H,2,5-8,10H2,1H3. The first-order chi connectivity index (χ1) is 8.69. The molecular weight excluding hydrogens is 294 g/mol. The van der Waals surface area contributed by atoms with Gasteiger partial charge in [0.1, 0.15) is 5.82 Å². The molecule has 1 saturated heterocycles. The lowest BCUT2D eigenvalue weighted by Gasteiger charge is -2.36. The maximum atomic E-state index is 9.65. The number of nitrogens with zero attached hydrogens (tertiary/aromatic N) is 3. The molecule has 0 radical (unpaired) electrons. The third-order valence-electron chi connectivity index (χ3n) is 3.35. The van der Waals surface area contributed by atoms with Crippen molar-refractivity contribution in [3.05, 3.63) is 22.8 Å². The summed E-state index contributed by atoms with van der Waals surface area (Å²) < 4.78 is 1.01. The molecule has 0 amide bonds. The fraction of sp³-hybridized carbons (Fsp3) is 0.615. The minimum atomic E-state index is -0.192. The number of halogens is 1. The summed E-state index contributed by atoms with van der Waals surface area (Å²) in [6.07, 6.45) is 2.47. The molecule has 5 heteroatoms. The largest absolute Gasteiger partial charge is 0.392 e. The first-order valence-electron chi connectivity index (χ1n) is 6.46. The zero-order valence-electron chi connectivity index (χ0n) is 10.7. The smallest absolute Gasteiger partial charge is 0.128 e. The molecule has 1 aliphatic rings. The maximum absolute atomic E-state index is 9.65. The Kier molecular flexibility index (Phi) is 4.97. The number of hydrogen-bond acceptors (Lipinski definition) is 4. The normalized spacial score (nSPS) is 18.9. The van der Waals surface area contributed by atoms with Crippen LogP contribution in [0.15, 0.2) is 22.8 Å². The highest BCUT2D eigenvalue weighted by Crippen LogP contribution is 2.16. The van der Waals surface area contributed by atoms with Crippen LogP contribution in [0.4, 0.5) is 5.82 Å². The number of rotatable bonds is 4. The second-order valence-electron chi connectivity index (χ2n) is 4.68. The van der Waals surface area contributed by atoms with E-state index in [0.29, 0.717) is 0 Å². The first-order valence-corrected chi connectivity index (χ1v) is 7.25. The van der Waals surface area contributed by atoms with Crippen molar-refractivity contribution in [2.24, 2.45) is 0 Å². The van der Waals surface area contributed by atoms with Crippen LogP contribution in [-0.2, 0) is 0 Å². The summed E-state index contributed by atoms with van der Waals surface area (Å²) >= 11 is 3.40. The molecule has 1 atom stereocenters. The SMILES string of the molecule is CCC(O)CN1CCN(c2ccc(Br)cn2)CC1. The van der Waals surface area contributed by atoms with Crippen molar-refractivity contribution in [2.75, 3.05) is 37.6 Å². The van der Waals surface area contributed by atoms with Crippen molar-refractivity contribution in [3.63, 3.8) is 0 Å². The predicted octanol–water partition coefficient (Wildman–Crippen LogP) is 1.74. The van der Waals surface area contributed by atoms with Crippen LogP contribution < -0.4 is 4.90 Å². The maximum Gasteiger partial charge on any atom is 0.128 e. The molecule has 18 heavy (non-hydrogen) atoms. The first kappa shape index (κ1) is 13.8. The van der Waals surface area contributed by atoms with Crippen LogP contribution in [-0.4, -0.2) is 53.8 Å². The fourth-order valence-electron chi connectivity index (χ4n) is 2.14. The molecule has 100 valence electrons. The molecule has 1 N–H and O–H groups in total. The number of hydrogen-bond donors (Lipinski definition) is 1. The monoisotopic (exact) mass is 313 g/mol. The molecule has 1 aliphatic heterocycles. The van der Waals surface area contributed by atoms with Crippen LogP contribution in [0.5, 0.6) is 0 Å². The molecular formula is C13H20BrN3O. The summed E-state index contributed by atoms with van der Waals surface area (Å²) in [5.41, 5.74) is 0.